The van der Waals surface area contributed by atoms with Crippen molar-refractivity contribution < 1.29 is 24.9 Å². The van der Waals surface area contributed by atoms with E-state index in [1.807, 2.05) is 0 Å². The van der Waals surface area contributed by atoms with E-state index in [2.05, 4.69) is 20.3 Å². The third kappa shape index (κ3) is 3.01. The zero-order valence-corrected chi connectivity index (χ0v) is 13.1. The van der Waals surface area contributed by atoms with Crippen LogP contribution in [0, 0.1) is 0 Å². The number of nitrogen functional groups attached to an aromatic ring is 1. The second kappa shape index (κ2) is 6.85. The van der Waals surface area contributed by atoms with Crippen LogP contribution in [0.25, 0.3) is 11.2 Å². The summed E-state index contributed by atoms with van der Waals surface area (Å²) in [5, 5.41) is 31.5. The van der Waals surface area contributed by atoms with Crippen LogP contribution in [-0.2, 0) is 9.53 Å². The zero-order valence-electron chi connectivity index (χ0n) is 13.1. The van der Waals surface area contributed by atoms with E-state index >= 15 is 0 Å². The van der Waals surface area contributed by atoms with Gasteiger partial charge in [-0.1, -0.05) is 0 Å². The highest BCUT2D eigenvalue weighted by Crippen LogP contribution is 2.31. The molecule has 12 nitrogen and oxygen atoms in total. The first kappa shape index (κ1) is 17.4. The van der Waals surface area contributed by atoms with Crippen molar-refractivity contribution in [3.8, 4) is 0 Å². The minimum absolute atomic E-state index is 0.175. The van der Waals surface area contributed by atoms with Crippen molar-refractivity contribution in [1.82, 2.24) is 24.8 Å². The second-order valence-electron chi connectivity index (χ2n) is 5.64. The molecule has 3 heterocycles. The van der Waals surface area contributed by atoms with E-state index < -0.39 is 49.6 Å². The molecule has 1 aliphatic heterocycles. The van der Waals surface area contributed by atoms with Crippen LogP contribution in [0.15, 0.2) is 12.7 Å². The lowest BCUT2D eigenvalue weighted by molar-refractivity contribution is -0.125. The van der Waals surface area contributed by atoms with Gasteiger partial charge in [0.1, 0.15) is 30.1 Å². The molecule has 1 aliphatic rings. The molecule has 0 saturated carbocycles. The lowest BCUT2D eigenvalue weighted by Gasteiger charge is -2.22. The highest BCUT2D eigenvalue weighted by molar-refractivity contribution is 5.82. The number of amides is 1. The first-order valence-electron chi connectivity index (χ1n) is 7.52. The van der Waals surface area contributed by atoms with Crippen LogP contribution in [0.3, 0.4) is 0 Å². The van der Waals surface area contributed by atoms with Gasteiger partial charge in [0.2, 0.25) is 5.91 Å². The van der Waals surface area contributed by atoms with Gasteiger partial charge in [-0.3, -0.25) is 9.36 Å². The minimum Gasteiger partial charge on any atom is -0.394 e. The van der Waals surface area contributed by atoms with Gasteiger partial charge in [-0.15, -0.1) is 0 Å². The molecule has 1 amide bonds. The molecule has 8 N–H and O–H groups in total. The number of aromatic nitrogens is 4. The number of fused-ring (bicyclic) bond motifs is 1. The largest absolute Gasteiger partial charge is 0.394 e. The van der Waals surface area contributed by atoms with Crippen molar-refractivity contribution in [3.05, 3.63) is 12.7 Å². The van der Waals surface area contributed by atoms with Gasteiger partial charge in [-0.05, 0) is 0 Å². The number of aliphatic hydroxyl groups is 3. The van der Waals surface area contributed by atoms with Gasteiger partial charge in [-0.2, -0.15) is 0 Å². The third-order valence-corrected chi connectivity index (χ3v) is 4.06. The molecule has 0 aliphatic carbocycles. The number of carbonyl (C=O) groups excluding carboxylic acids is 1. The summed E-state index contributed by atoms with van der Waals surface area (Å²) in [6.45, 7) is -0.998. The van der Waals surface area contributed by atoms with E-state index in [1.165, 1.54) is 17.2 Å². The SMILES string of the molecule is Nc1ncnc2c1ncn2[C@@H]1O[C@@H](CO)[C@@H](NC(=O)[C@@H](N)CO)[C@H]1O. The summed E-state index contributed by atoms with van der Waals surface area (Å²) in [5.74, 6) is -0.495. The van der Waals surface area contributed by atoms with Crippen molar-refractivity contribution in [2.45, 2.75) is 30.5 Å². The number of nitrogens with one attached hydrogen (secondary N) is 1. The van der Waals surface area contributed by atoms with Crippen LogP contribution in [0.1, 0.15) is 6.23 Å². The third-order valence-electron chi connectivity index (χ3n) is 4.06. The second-order valence-corrected chi connectivity index (χ2v) is 5.64. The van der Waals surface area contributed by atoms with Crippen LogP contribution in [0.2, 0.25) is 0 Å². The minimum atomic E-state index is -1.22. The monoisotopic (exact) mass is 353 g/mol. The summed E-state index contributed by atoms with van der Waals surface area (Å²) in [6, 6.07) is -2.08. The molecule has 0 bridgehead atoms. The predicted octanol–water partition coefficient (Wildman–Crippen LogP) is -3.54. The number of imidazole rings is 1. The number of anilines is 1. The maximum absolute atomic E-state index is 11.9. The lowest BCUT2D eigenvalue weighted by atomic mass is 10.1. The van der Waals surface area contributed by atoms with E-state index in [0.717, 1.165) is 0 Å². The molecule has 25 heavy (non-hydrogen) atoms. The first-order chi connectivity index (χ1) is 12.0. The number of nitrogens with two attached hydrogens (primary N) is 2. The Balaban J connectivity index is 1.88. The average Bonchev–Trinajstić information content (AvgIpc) is 3.17. The molecule has 0 unspecified atom stereocenters. The Morgan fingerprint density at radius 2 is 2.16 bits per heavy atom. The Kier molecular flexibility index (Phi) is 4.78. The van der Waals surface area contributed by atoms with Crippen molar-refractivity contribution >= 4 is 22.9 Å². The number of hydrogen-bond donors (Lipinski definition) is 6. The Morgan fingerprint density at radius 3 is 2.84 bits per heavy atom. The predicted molar refractivity (Wildman–Crippen MR) is 83.7 cm³/mol. The number of aliphatic hydroxyl groups excluding tert-OH is 3. The molecule has 0 radical (unpaired) electrons. The number of ether oxygens (including phenoxy) is 1. The van der Waals surface area contributed by atoms with E-state index in [0.29, 0.717) is 11.2 Å². The lowest BCUT2D eigenvalue weighted by Crippen LogP contribution is -2.54. The Bertz CT molecular complexity index is 768. The number of hydrogen-bond acceptors (Lipinski definition) is 10. The summed E-state index contributed by atoms with van der Waals surface area (Å²) >= 11 is 0. The molecule has 5 atom stereocenters. The summed E-state index contributed by atoms with van der Waals surface area (Å²) in [5.41, 5.74) is 11.9. The van der Waals surface area contributed by atoms with E-state index in [1.54, 1.807) is 0 Å². The van der Waals surface area contributed by atoms with Crippen LogP contribution >= 0.6 is 0 Å². The van der Waals surface area contributed by atoms with E-state index in [9.17, 15) is 15.0 Å². The van der Waals surface area contributed by atoms with E-state index in [4.69, 9.17) is 21.3 Å². The maximum Gasteiger partial charge on any atom is 0.239 e. The number of carbonyl (C=O) groups is 1. The van der Waals surface area contributed by atoms with Gasteiger partial charge in [0.15, 0.2) is 17.7 Å². The van der Waals surface area contributed by atoms with Crippen LogP contribution in [0.4, 0.5) is 5.82 Å². The standard InChI is InChI=1S/C13H19N7O5/c14-5(1-21)12(24)19-7-6(2-22)25-13(9(7)23)20-4-18-8-10(15)16-3-17-11(8)20/h3-7,9,13,21-23H,1-2,14H2,(H,19,24)(H2,15,16,17)/t5-,6-,7+,9+,13+/m0/s1. The summed E-state index contributed by atoms with van der Waals surface area (Å²) < 4.78 is 7.09. The summed E-state index contributed by atoms with van der Waals surface area (Å²) in [6.07, 6.45) is -0.443. The fourth-order valence-corrected chi connectivity index (χ4v) is 2.72. The summed E-state index contributed by atoms with van der Waals surface area (Å²) in [4.78, 5) is 23.9. The highest BCUT2D eigenvalue weighted by Gasteiger charge is 2.46. The van der Waals surface area contributed by atoms with Crippen LogP contribution in [-0.4, -0.2) is 78.3 Å². The highest BCUT2D eigenvalue weighted by atomic mass is 16.5. The van der Waals surface area contributed by atoms with Gasteiger partial charge >= 0.3 is 0 Å². The fraction of sp³-hybridized carbons (Fsp3) is 0.538. The molecule has 1 fully saturated rings. The molecular weight excluding hydrogens is 334 g/mol. The average molecular weight is 353 g/mol. The molecule has 12 heteroatoms. The first-order valence-corrected chi connectivity index (χ1v) is 7.52. The van der Waals surface area contributed by atoms with Gasteiger partial charge < -0.3 is 36.8 Å². The summed E-state index contributed by atoms with van der Waals surface area (Å²) in [7, 11) is 0. The van der Waals surface area contributed by atoms with E-state index in [-0.39, 0.29) is 5.82 Å². The van der Waals surface area contributed by atoms with Gasteiger partial charge in [0.05, 0.1) is 25.6 Å². The van der Waals surface area contributed by atoms with Crippen molar-refractivity contribution in [3.63, 3.8) is 0 Å². The molecule has 136 valence electrons. The van der Waals surface area contributed by atoms with Gasteiger partial charge in [0.25, 0.3) is 0 Å². The maximum atomic E-state index is 11.9. The molecule has 3 rings (SSSR count). The molecule has 0 aromatic carbocycles. The van der Waals surface area contributed by atoms with Gasteiger partial charge in [-0.25, -0.2) is 15.0 Å². The van der Waals surface area contributed by atoms with Crippen LogP contribution < -0.4 is 16.8 Å². The topological polar surface area (TPSA) is 195 Å². The quantitative estimate of drug-likeness (QED) is 0.313. The van der Waals surface area contributed by atoms with Crippen molar-refractivity contribution in [1.29, 1.82) is 0 Å². The molecule has 1 saturated heterocycles. The van der Waals surface area contributed by atoms with Gasteiger partial charge in [0, 0.05) is 0 Å². The Morgan fingerprint density at radius 1 is 1.40 bits per heavy atom. The fourth-order valence-electron chi connectivity index (χ4n) is 2.72. The number of nitrogens with zero attached hydrogens (tertiary/aromatic N) is 4. The molecule has 2 aromatic rings. The van der Waals surface area contributed by atoms with Crippen molar-refractivity contribution in [2.24, 2.45) is 5.73 Å². The Hall–Kier alpha value is -2.38. The Labute approximate surface area is 141 Å². The molecular formula is C13H19N7O5. The molecule has 0 spiro atoms. The van der Waals surface area contributed by atoms with Crippen LogP contribution in [0.5, 0.6) is 0 Å². The smallest absolute Gasteiger partial charge is 0.239 e. The molecule has 2 aromatic heterocycles. The van der Waals surface area contributed by atoms with Crippen molar-refractivity contribution in [2.75, 3.05) is 18.9 Å². The zero-order chi connectivity index (χ0) is 18.1. The normalized spacial score (nSPS) is 27.5. The number of rotatable bonds is 5.